The van der Waals surface area contributed by atoms with Crippen LogP contribution in [0, 0.1) is 0 Å². The van der Waals surface area contributed by atoms with Gasteiger partial charge in [-0.1, -0.05) is 23.8 Å². The number of phenols is 1. The molecule has 0 radical (unpaired) electrons. The second-order valence-corrected chi connectivity index (χ2v) is 5.72. The van der Waals surface area contributed by atoms with Crippen molar-refractivity contribution in [2.75, 3.05) is 0 Å². The fourth-order valence-electron chi connectivity index (χ4n) is 2.61. The van der Waals surface area contributed by atoms with Crippen LogP contribution >= 0.6 is 11.6 Å². The Labute approximate surface area is 123 Å². The van der Waals surface area contributed by atoms with Crippen molar-refractivity contribution in [1.82, 2.24) is 10.4 Å². The number of hydrogen-bond donors (Lipinski definition) is 2. The van der Waals surface area contributed by atoms with Crippen LogP contribution < -0.4 is 5.43 Å². The molecule has 0 amide bonds. The minimum Gasteiger partial charge on any atom is -0.508 e. The number of nitrogens with one attached hydrogen (secondary N) is 1. The molecular formula is C16H17ClN2O. The summed E-state index contributed by atoms with van der Waals surface area (Å²) < 4.78 is 0. The number of nitrogens with zero attached hydrogens (tertiary/aromatic N) is 1. The van der Waals surface area contributed by atoms with Gasteiger partial charge in [-0.25, -0.2) is 5.43 Å². The number of hydrazine groups is 1. The van der Waals surface area contributed by atoms with Crippen LogP contribution in [0.3, 0.4) is 0 Å². The van der Waals surface area contributed by atoms with Crippen LogP contribution in [-0.4, -0.2) is 22.2 Å². The molecule has 1 atom stereocenters. The highest BCUT2D eigenvalue weighted by molar-refractivity contribution is 6.31. The van der Waals surface area contributed by atoms with Crippen molar-refractivity contribution in [2.45, 2.75) is 25.9 Å². The number of aromatic hydroxyl groups is 1. The Hall–Kier alpha value is -1.71. The van der Waals surface area contributed by atoms with Gasteiger partial charge in [-0.15, -0.1) is 0 Å². The molecule has 1 unspecified atom stereocenters. The molecular weight excluding hydrogens is 272 g/mol. The number of allylic oxidation sites excluding steroid dienone is 2. The number of rotatable bonds is 2. The van der Waals surface area contributed by atoms with Gasteiger partial charge in [-0.2, -0.15) is 0 Å². The lowest BCUT2D eigenvalue weighted by Gasteiger charge is -2.28. The van der Waals surface area contributed by atoms with Gasteiger partial charge in [0.2, 0.25) is 0 Å². The van der Waals surface area contributed by atoms with Gasteiger partial charge in [0.15, 0.2) is 0 Å². The number of phenolic OH excluding ortho intramolecular Hbond substituents is 1. The molecule has 0 aromatic heterocycles. The monoisotopic (exact) mass is 288 g/mol. The Morgan fingerprint density at radius 3 is 2.60 bits per heavy atom. The summed E-state index contributed by atoms with van der Waals surface area (Å²) in [4.78, 5) is 0. The molecule has 1 aliphatic heterocycles. The van der Waals surface area contributed by atoms with Gasteiger partial charge in [0.05, 0.1) is 11.7 Å². The largest absolute Gasteiger partial charge is 0.508 e. The van der Waals surface area contributed by atoms with Crippen LogP contribution in [0.4, 0.5) is 0 Å². The van der Waals surface area contributed by atoms with Crippen molar-refractivity contribution >= 4 is 17.3 Å². The molecule has 1 heterocycles. The fourth-order valence-corrected chi connectivity index (χ4v) is 2.85. The minimum atomic E-state index is 0.0212. The van der Waals surface area contributed by atoms with E-state index in [1.54, 1.807) is 12.1 Å². The maximum atomic E-state index is 9.46. The maximum absolute atomic E-state index is 9.46. The first-order valence-electron chi connectivity index (χ1n) is 6.70. The Bertz CT molecular complexity index is 614. The van der Waals surface area contributed by atoms with Gasteiger partial charge in [0.25, 0.3) is 0 Å². The van der Waals surface area contributed by atoms with Crippen molar-refractivity contribution in [3.63, 3.8) is 0 Å². The van der Waals surface area contributed by atoms with Crippen LogP contribution in [0.25, 0.3) is 5.70 Å². The van der Waals surface area contributed by atoms with Crippen molar-refractivity contribution in [3.8, 4) is 5.75 Å². The second kappa shape index (κ2) is 5.00. The lowest BCUT2D eigenvalue weighted by Crippen LogP contribution is -2.41. The SMILES string of the molecule is CC(C)N1NC2C(Cl)=CC=CC2=C1c1ccc(O)cc1. The number of fused-ring (bicyclic) bond motifs is 1. The first kappa shape index (κ1) is 13.3. The predicted molar refractivity (Wildman–Crippen MR) is 82.0 cm³/mol. The Kier molecular flexibility index (Phi) is 3.32. The van der Waals surface area contributed by atoms with Gasteiger partial charge >= 0.3 is 0 Å². The van der Waals surface area contributed by atoms with E-state index in [2.05, 4.69) is 30.4 Å². The van der Waals surface area contributed by atoms with Gasteiger partial charge in [0, 0.05) is 16.6 Å². The average molecular weight is 289 g/mol. The Balaban J connectivity index is 2.12. The topological polar surface area (TPSA) is 35.5 Å². The molecule has 1 aliphatic carbocycles. The van der Waals surface area contributed by atoms with E-state index in [-0.39, 0.29) is 11.8 Å². The molecule has 104 valence electrons. The summed E-state index contributed by atoms with van der Waals surface area (Å²) in [6, 6.07) is 7.59. The lowest BCUT2D eigenvalue weighted by atomic mass is 9.98. The molecule has 2 N–H and O–H groups in total. The molecule has 1 aromatic carbocycles. The normalized spacial score (nSPS) is 21.5. The molecule has 20 heavy (non-hydrogen) atoms. The lowest BCUT2D eigenvalue weighted by molar-refractivity contribution is 0.249. The van der Waals surface area contributed by atoms with Crippen molar-refractivity contribution in [2.24, 2.45) is 0 Å². The van der Waals surface area contributed by atoms with E-state index in [1.165, 1.54) is 0 Å². The van der Waals surface area contributed by atoms with E-state index < -0.39 is 0 Å². The fraction of sp³-hybridized carbons (Fsp3) is 0.250. The van der Waals surface area contributed by atoms with E-state index in [0.717, 1.165) is 21.9 Å². The zero-order chi connectivity index (χ0) is 14.3. The second-order valence-electron chi connectivity index (χ2n) is 5.29. The quantitative estimate of drug-likeness (QED) is 0.875. The molecule has 4 heteroatoms. The smallest absolute Gasteiger partial charge is 0.115 e. The molecule has 1 aromatic rings. The molecule has 0 saturated heterocycles. The summed E-state index contributed by atoms with van der Waals surface area (Å²) in [5.41, 5.74) is 6.80. The van der Waals surface area contributed by atoms with E-state index in [1.807, 2.05) is 24.3 Å². The van der Waals surface area contributed by atoms with E-state index in [9.17, 15) is 5.11 Å². The van der Waals surface area contributed by atoms with Gasteiger partial charge < -0.3 is 10.1 Å². The van der Waals surface area contributed by atoms with E-state index in [4.69, 9.17) is 11.6 Å². The average Bonchev–Trinajstić information content (AvgIpc) is 2.81. The van der Waals surface area contributed by atoms with E-state index >= 15 is 0 Å². The van der Waals surface area contributed by atoms with E-state index in [0.29, 0.717) is 6.04 Å². The van der Waals surface area contributed by atoms with Crippen LogP contribution in [0.1, 0.15) is 19.4 Å². The first-order valence-corrected chi connectivity index (χ1v) is 7.08. The minimum absolute atomic E-state index is 0.0212. The third-order valence-electron chi connectivity index (χ3n) is 3.56. The van der Waals surface area contributed by atoms with Crippen LogP contribution in [0.2, 0.25) is 0 Å². The third kappa shape index (κ3) is 2.13. The summed E-state index contributed by atoms with van der Waals surface area (Å²) in [5.74, 6) is 0.273. The Morgan fingerprint density at radius 2 is 1.95 bits per heavy atom. The molecule has 0 fully saturated rings. The molecule has 0 bridgehead atoms. The molecule has 3 rings (SSSR count). The van der Waals surface area contributed by atoms with Crippen molar-refractivity contribution in [3.05, 3.63) is 58.7 Å². The number of benzene rings is 1. The highest BCUT2D eigenvalue weighted by Crippen LogP contribution is 2.37. The van der Waals surface area contributed by atoms with Gasteiger partial charge in [0.1, 0.15) is 5.75 Å². The number of hydrogen-bond acceptors (Lipinski definition) is 3. The van der Waals surface area contributed by atoms with Crippen molar-refractivity contribution in [1.29, 1.82) is 0 Å². The number of halogens is 1. The molecule has 2 aliphatic rings. The third-order valence-corrected chi connectivity index (χ3v) is 3.90. The highest BCUT2D eigenvalue weighted by Gasteiger charge is 2.34. The Morgan fingerprint density at radius 1 is 1.25 bits per heavy atom. The summed E-state index contributed by atoms with van der Waals surface area (Å²) in [6.45, 7) is 4.26. The van der Waals surface area contributed by atoms with Crippen molar-refractivity contribution < 1.29 is 5.11 Å². The van der Waals surface area contributed by atoms with Gasteiger partial charge in [-0.3, -0.25) is 0 Å². The summed E-state index contributed by atoms with van der Waals surface area (Å²) in [5, 5.41) is 12.4. The summed E-state index contributed by atoms with van der Waals surface area (Å²) >= 11 is 6.31. The summed E-state index contributed by atoms with van der Waals surface area (Å²) in [6.07, 6.45) is 5.98. The molecule has 0 saturated carbocycles. The first-order chi connectivity index (χ1) is 9.58. The maximum Gasteiger partial charge on any atom is 0.115 e. The summed E-state index contributed by atoms with van der Waals surface area (Å²) in [7, 11) is 0. The van der Waals surface area contributed by atoms with Gasteiger partial charge in [-0.05, 0) is 49.8 Å². The van der Waals surface area contributed by atoms with Crippen LogP contribution in [0.5, 0.6) is 5.75 Å². The zero-order valence-electron chi connectivity index (χ0n) is 11.5. The standard InChI is InChI=1S/C16H17ClN2O/c1-10(2)19-16(11-6-8-12(20)9-7-11)13-4-3-5-14(17)15(13)18-19/h3-10,15,18,20H,1-2H3. The highest BCUT2D eigenvalue weighted by atomic mass is 35.5. The molecule has 0 spiro atoms. The van der Waals surface area contributed by atoms with Crippen LogP contribution in [-0.2, 0) is 0 Å². The molecule has 3 nitrogen and oxygen atoms in total. The van der Waals surface area contributed by atoms with Crippen LogP contribution in [0.15, 0.2) is 53.1 Å². The zero-order valence-corrected chi connectivity index (χ0v) is 12.2. The predicted octanol–water partition coefficient (Wildman–Crippen LogP) is 3.39.